The molecule has 9 heteroatoms. The van der Waals surface area contributed by atoms with Crippen LogP contribution in [0.3, 0.4) is 0 Å². The normalized spacial score (nSPS) is 16.3. The van der Waals surface area contributed by atoms with E-state index in [1.165, 1.54) is 6.33 Å². The van der Waals surface area contributed by atoms with Gasteiger partial charge in [0.1, 0.15) is 11.2 Å². The molecular formula is C16H18N6O2S. The molecule has 1 saturated heterocycles. The monoisotopic (exact) mass is 358 g/mol. The molecule has 0 unspecified atom stereocenters. The molecule has 25 heavy (non-hydrogen) atoms. The molecule has 0 amide bonds. The maximum absolute atomic E-state index is 12.7. The van der Waals surface area contributed by atoms with Gasteiger partial charge >= 0.3 is 0 Å². The summed E-state index contributed by atoms with van der Waals surface area (Å²) in [5.41, 5.74) is 8.24. The Bertz CT molecular complexity index is 1010. The van der Waals surface area contributed by atoms with Crippen LogP contribution in [0.15, 0.2) is 35.5 Å². The molecule has 0 spiro atoms. The number of H-pyrrole nitrogens is 1. The van der Waals surface area contributed by atoms with Gasteiger partial charge in [-0.25, -0.2) is 18.4 Å². The Hall–Kier alpha value is -2.52. The second kappa shape index (κ2) is 6.08. The summed E-state index contributed by atoms with van der Waals surface area (Å²) in [5, 5.41) is 0. The first-order valence-corrected chi connectivity index (χ1v) is 9.57. The second-order valence-electron chi connectivity index (χ2n) is 6.02. The van der Waals surface area contributed by atoms with E-state index in [1.54, 1.807) is 28.6 Å². The van der Waals surface area contributed by atoms with Crippen molar-refractivity contribution in [1.82, 2.24) is 24.2 Å². The molecule has 0 atom stereocenters. The maximum atomic E-state index is 12.7. The van der Waals surface area contributed by atoms with E-state index in [0.29, 0.717) is 34.8 Å². The molecule has 4 rings (SSSR count). The van der Waals surface area contributed by atoms with E-state index in [-0.39, 0.29) is 5.95 Å². The average molecular weight is 358 g/mol. The number of aromatic nitrogens is 4. The van der Waals surface area contributed by atoms with E-state index in [2.05, 4.69) is 19.9 Å². The SMILES string of the molecule is Nc1nc(-c2ccc(S(=O)(=O)N3CCCCC3)cc2)c2[nH]cnc2n1. The van der Waals surface area contributed by atoms with E-state index < -0.39 is 10.0 Å². The van der Waals surface area contributed by atoms with Crippen LogP contribution in [0.4, 0.5) is 5.95 Å². The highest BCUT2D eigenvalue weighted by atomic mass is 32.2. The predicted molar refractivity (Wildman–Crippen MR) is 94.1 cm³/mol. The zero-order valence-corrected chi connectivity index (χ0v) is 14.3. The lowest BCUT2D eigenvalue weighted by Gasteiger charge is -2.25. The lowest BCUT2D eigenvalue weighted by Crippen LogP contribution is -2.35. The van der Waals surface area contributed by atoms with Crippen molar-refractivity contribution in [2.45, 2.75) is 24.2 Å². The van der Waals surface area contributed by atoms with E-state index >= 15 is 0 Å². The van der Waals surface area contributed by atoms with Gasteiger partial charge in [-0.15, -0.1) is 0 Å². The van der Waals surface area contributed by atoms with Gasteiger partial charge in [0.15, 0.2) is 5.65 Å². The van der Waals surface area contributed by atoms with Gasteiger partial charge in [0, 0.05) is 18.7 Å². The van der Waals surface area contributed by atoms with Crippen LogP contribution in [0.1, 0.15) is 19.3 Å². The van der Waals surface area contributed by atoms with Crippen molar-refractivity contribution in [2.75, 3.05) is 18.8 Å². The number of imidazole rings is 1. The third kappa shape index (κ3) is 2.85. The van der Waals surface area contributed by atoms with Crippen molar-refractivity contribution in [3.63, 3.8) is 0 Å². The highest BCUT2D eigenvalue weighted by Crippen LogP contribution is 2.27. The standard InChI is InChI=1S/C16H18N6O2S/c17-16-20-13(14-15(21-16)19-10-18-14)11-4-6-12(7-5-11)25(23,24)22-8-2-1-3-9-22/h4-7,10H,1-3,8-9H2,(H3,17,18,19,20,21). The van der Waals surface area contributed by atoms with Crippen molar-refractivity contribution in [3.05, 3.63) is 30.6 Å². The Morgan fingerprint density at radius 3 is 2.48 bits per heavy atom. The minimum absolute atomic E-state index is 0.125. The second-order valence-corrected chi connectivity index (χ2v) is 7.96. The Morgan fingerprint density at radius 1 is 1.04 bits per heavy atom. The minimum atomic E-state index is -3.45. The number of aromatic amines is 1. The van der Waals surface area contributed by atoms with Crippen LogP contribution >= 0.6 is 0 Å². The Balaban J connectivity index is 1.71. The first kappa shape index (κ1) is 16.0. The van der Waals surface area contributed by atoms with Crippen LogP contribution < -0.4 is 5.73 Å². The Kier molecular flexibility index (Phi) is 3.89. The van der Waals surface area contributed by atoms with Gasteiger partial charge in [-0.05, 0) is 25.0 Å². The molecule has 1 aliphatic heterocycles. The topological polar surface area (TPSA) is 118 Å². The summed E-state index contributed by atoms with van der Waals surface area (Å²) in [4.78, 5) is 15.7. The van der Waals surface area contributed by atoms with Crippen molar-refractivity contribution in [2.24, 2.45) is 0 Å². The van der Waals surface area contributed by atoms with Gasteiger partial charge < -0.3 is 10.7 Å². The molecule has 8 nitrogen and oxygen atoms in total. The van der Waals surface area contributed by atoms with Crippen LogP contribution in [0, 0.1) is 0 Å². The number of nitrogens with two attached hydrogens (primary N) is 1. The van der Waals surface area contributed by atoms with Gasteiger partial charge in [-0.2, -0.15) is 9.29 Å². The summed E-state index contributed by atoms with van der Waals surface area (Å²) in [5.74, 6) is 0.125. The number of nitrogens with one attached hydrogen (secondary N) is 1. The lowest BCUT2D eigenvalue weighted by molar-refractivity contribution is 0.346. The summed E-state index contributed by atoms with van der Waals surface area (Å²) < 4.78 is 27.0. The molecule has 0 radical (unpaired) electrons. The highest BCUT2D eigenvalue weighted by molar-refractivity contribution is 7.89. The summed E-state index contributed by atoms with van der Waals surface area (Å²) in [6.07, 6.45) is 4.43. The molecule has 130 valence electrons. The van der Waals surface area contributed by atoms with Crippen molar-refractivity contribution >= 4 is 27.1 Å². The summed E-state index contributed by atoms with van der Waals surface area (Å²) in [6, 6.07) is 6.69. The van der Waals surface area contributed by atoms with Crippen molar-refractivity contribution < 1.29 is 8.42 Å². The van der Waals surface area contributed by atoms with Crippen LogP contribution in [0.2, 0.25) is 0 Å². The van der Waals surface area contributed by atoms with Gasteiger partial charge in [-0.1, -0.05) is 18.6 Å². The quantitative estimate of drug-likeness (QED) is 0.737. The number of hydrogen-bond acceptors (Lipinski definition) is 6. The first-order chi connectivity index (χ1) is 12.1. The predicted octanol–water partition coefficient (Wildman–Crippen LogP) is 1.78. The van der Waals surface area contributed by atoms with Gasteiger partial charge in [-0.3, -0.25) is 0 Å². The van der Waals surface area contributed by atoms with Crippen LogP contribution in [0.25, 0.3) is 22.4 Å². The van der Waals surface area contributed by atoms with Crippen molar-refractivity contribution in [3.8, 4) is 11.3 Å². The first-order valence-electron chi connectivity index (χ1n) is 8.13. The molecule has 0 aliphatic carbocycles. The van der Waals surface area contributed by atoms with Crippen LogP contribution in [-0.4, -0.2) is 45.7 Å². The Labute approximate surface area is 145 Å². The fraction of sp³-hybridized carbons (Fsp3) is 0.312. The lowest BCUT2D eigenvalue weighted by atomic mass is 10.1. The smallest absolute Gasteiger partial charge is 0.243 e. The number of anilines is 1. The number of hydrogen-bond donors (Lipinski definition) is 2. The zero-order chi connectivity index (χ0) is 17.4. The van der Waals surface area contributed by atoms with E-state index in [9.17, 15) is 8.42 Å². The van der Waals surface area contributed by atoms with Crippen LogP contribution in [0.5, 0.6) is 0 Å². The van der Waals surface area contributed by atoms with Gasteiger partial charge in [0.2, 0.25) is 16.0 Å². The molecule has 1 aromatic carbocycles. The van der Waals surface area contributed by atoms with Crippen molar-refractivity contribution in [1.29, 1.82) is 0 Å². The number of nitrogen functional groups attached to an aromatic ring is 1. The molecular weight excluding hydrogens is 340 g/mol. The number of benzene rings is 1. The molecule has 0 saturated carbocycles. The largest absolute Gasteiger partial charge is 0.368 e. The number of sulfonamides is 1. The average Bonchev–Trinajstić information content (AvgIpc) is 3.10. The van der Waals surface area contributed by atoms with Crippen LogP contribution in [-0.2, 0) is 10.0 Å². The fourth-order valence-corrected chi connectivity index (χ4v) is 4.62. The summed E-state index contributed by atoms with van der Waals surface area (Å²) in [7, 11) is -3.45. The van der Waals surface area contributed by atoms with Gasteiger partial charge in [0.05, 0.1) is 11.2 Å². The van der Waals surface area contributed by atoms with E-state index in [1.807, 2.05) is 0 Å². The molecule has 3 N–H and O–H groups in total. The third-order valence-corrected chi connectivity index (χ3v) is 6.30. The third-order valence-electron chi connectivity index (χ3n) is 4.38. The number of rotatable bonds is 3. The minimum Gasteiger partial charge on any atom is -0.368 e. The fourth-order valence-electron chi connectivity index (χ4n) is 3.10. The molecule has 3 heterocycles. The molecule has 3 aromatic rings. The maximum Gasteiger partial charge on any atom is 0.243 e. The molecule has 1 fully saturated rings. The molecule has 2 aromatic heterocycles. The summed E-state index contributed by atoms with van der Waals surface area (Å²) >= 11 is 0. The summed E-state index contributed by atoms with van der Waals surface area (Å²) in [6.45, 7) is 1.17. The van der Waals surface area contributed by atoms with E-state index in [0.717, 1.165) is 24.8 Å². The zero-order valence-electron chi connectivity index (χ0n) is 13.5. The number of nitrogens with zero attached hydrogens (tertiary/aromatic N) is 4. The van der Waals surface area contributed by atoms with E-state index in [4.69, 9.17) is 5.73 Å². The number of piperidine rings is 1. The Morgan fingerprint density at radius 2 is 1.76 bits per heavy atom. The molecule has 0 bridgehead atoms. The highest BCUT2D eigenvalue weighted by Gasteiger charge is 2.25. The van der Waals surface area contributed by atoms with Gasteiger partial charge in [0.25, 0.3) is 0 Å². The molecule has 1 aliphatic rings. The number of fused-ring (bicyclic) bond motifs is 1.